The zero-order chi connectivity index (χ0) is 25.4. The summed E-state index contributed by atoms with van der Waals surface area (Å²) in [5.41, 5.74) is -1.86. The van der Waals surface area contributed by atoms with E-state index >= 15 is 0 Å². The van der Waals surface area contributed by atoms with Crippen LogP contribution < -0.4 is 0 Å². The molecule has 0 aromatic heterocycles. The number of methoxy groups -OCH3 is 1. The van der Waals surface area contributed by atoms with Crippen LogP contribution in [0.2, 0.25) is 0 Å². The van der Waals surface area contributed by atoms with Crippen LogP contribution in [0.1, 0.15) is 60.8 Å². The summed E-state index contributed by atoms with van der Waals surface area (Å²) in [6.07, 6.45) is -1.68. The van der Waals surface area contributed by atoms with E-state index in [1.165, 1.54) is 12.1 Å². The van der Waals surface area contributed by atoms with Crippen LogP contribution in [-0.2, 0) is 28.8 Å². The molecule has 0 saturated heterocycles. The maximum Gasteiger partial charge on any atom is 0.420 e. The number of rotatable bonds is 8. The van der Waals surface area contributed by atoms with E-state index in [0.717, 1.165) is 7.11 Å². The Morgan fingerprint density at radius 3 is 1.79 bits per heavy atom. The lowest BCUT2D eigenvalue weighted by Crippen LogP contribution is -2.52. The molecule has 1 aromatic carbocycles. The Hall–Kier alpha value is -2.62. The summed E-state index contributed by atoms with van der Waals surface area (Å²) >= 11 is 0. The highest BCUT2D eigenvalue weighted by atomic mass is 32.2. The number of benzene rings is 1. The van der Waals surface area contributed by atoms with Crippen LogP contribution in [0.25, 0.3) is 0 Å². The maximum atomic E-state index is 12.8. The number of hydrogen-bond donors (Lipinski definition) is 0. The van der Waals surface area contributed by atoms with E-state index < -0.39 is 45.2 Å². The summed E-state index contributed by atoms with van der Waals surface area (Å²) in [5, 5.41) is 0. The minimum absolute atomic E-state index is 0.0184. The van der Waals surface area contributed by atoms with Crippen LogP contribution in [-0.4, -0.2) is 61.6 Å². The third kappa shape index (κ3) is 9.81. The minimum atomic E-state index is -3.50. The van der Waals surface area contributed by atoms with Gasteiger partial charge in [0.2, 0.25) is 0 Å². The molecule has 33 heavy (non-hydrogen) atoms. The molecular formula is C23H35NO8S. The molecule has 0 spiro atoms. The van der Waals surface area contributed by atoms with Gasteiger partial charge in [0.1, 0.15) is 17.2 Å². The lowest BCUT2D eigenvalue weighted by atomic mass is 10.1. The summed E-state index contributed by atoms with van der Waals surface area (Å²) < 4.78 is 40.4. The molecule has 0 radical (unpaired) electrons. The van der Waals surface area contributed by atoms with Crippen LogP contribution in [0.4, 0.5) is 9.59 Å². The van der Waals surface area contributed by atoms with Crippen molar-refractivity contribution in [1.29, 1.82) is 0 Å². The van der Waals surface area contributed by atoms with Crippen molar-refractivity contribution in [2.75, 3.05) is 12.9 Å². The number of sulfone groups is 1. The zero-order valence-electron chi connectivity index (χ0n) is 20.4. The van der Waals surface area contributed by atoms with Crippen LogP contribution >= 0.6 is 0 Å². The highest BCUT2D eigenvalue weighted by Gasteiger charge is 2.40. The van der Waals surface area contributed by atoms with Gasteiger partial charge in [0.25, 0.3) is 0 Å². The molecule has 1 aromatic rings. The van der Waals surface area contributed by atoms with Crippen molar-refractivity contribution in [3.8, 4) is 0 Å². The van der Waals surface area contributed by atoms with Crippen molar-refractivity contribution < 1.29 is 37.0 Å². The van der Waals surface area contributed by atoms with Crippen molar-refractivity contribution >= 4 is 28.0 Å². The first kappa shape index (κ1) is 28.4. The topological polar surface area (TPSA) is 116 Å². The van der Waals surface area contributed by atoms with Gasteiger partial charge in [0.15, 0.2) is 9.84 Å². The van der Waals surface area contributed by atoms with Crippen molar-refractivity contribution in [2.24, 2.45) is 0 Å². The number of unbranched alkanes of at least 4 members (excludes halogenated alkanes) is 1. The van der Waals surface area contributed by atoms with Crippen LogP contribution in [0.3, 0.4) is 0 Å². The number of carbonyl (C=O) groups is 3. The van der Waals surface area contributed by atoms with Gasteiger partial charge in [0, 0.05) is 0 Å². The third-order valence-corrected chi connectivity index (χ3v) is 6.02. The fraction of sp³-hybridized carbons (Fsp3) is 0.609. The summed E-state index contributed by atoms with van der Waals surface area (Å²) in [6.45, 7) is 9.75. The highest BCUT2D eigenvalue weighted by Crippen LogP contribution is 2.21. The van der Waals surface area contributed by atoms with Crippen molar-refractivity contribution in [3.05, 3.63) is 30.3 Å². The molecule has 0 aliphatic carbocycles. The molecule has 0 fully saturated rings. The van der Waals surface area contributed by atoms with Gasteiger partial charge in [0.05, 0.1) is 17.8 Å². The van der Waals surface area contributed by atoms with Crippen LogP contribution in [0, 0.1) is 0 Å². The average Bonchev–Trinajstić information content (AvgIpc) is 2.67. The smallest absolute Gasteiger partial charge is 0.420 e. The maximum absolute atomic E-state index is 12.8. The number of imide groups is 1. The molecule has 0 heterocycles. The van der Waals surface area contributed by atoms with E-state index in [0.29, 0.717) is 4.90 Å². The predicted octanol–water partition coefficient (Wildman–Crippen LogP) is 4.34. The first-order chi connectivity index (χ1) is 15.1. The third-order valence-electron chi connectivity index (χ3n) is 4.21. The first-order valence-corrected chi connectivity index (χ1v) is 12.3. The molecule has 9 nitrogen and oxygen atoms in total. The zero-order valence-corrected chi connectivity index (χ0v) is 21.2. The molecule has 2 amide bonds. The second-order valence-corrected chi connectivity index (χ2v) is 11.6. The fourth-order valence-corrected chi connectivity index (χ4v) is 4.21. The van der Waals surface area contributed by atoms with Gasteiger partial charge >= 0.3 is 18.2 Å². The van der Waals surface area contributed by atoms with E-state index in [-0.39, 0.29) is 29.9 Å². The van der Waals surface area contributed by atoms with Gasteiger partial charge in [-0.2, -0.15) is 4.90 Å². The summed E-state index contributed by atoms with van der Waals surface area (Å²) in [6, 6.07) is 6.69. The Morgan fingerprint density at radius 2 is 1.36 bits per heavy atom. The number of carbonyl (C=O) groups excluding carboxylic acids is 3. The molecule has 0 aliphatic heterocycles. The SMILES string of the molecule is COC(=O)[C@H](CCCCS(=O)(=O)c1ccccc1)N(C(=O)OC(C)(C)C)C(=O)OC(C)(C)C. The van der Waals surface area contributed by atoms with Crippen molar-refractivity contribution in [1.82, 2.24) is 4.90 Å². The van der Waals surface area contributed by atoms with Crippen LogP contribution in [0.5, 0.6) is 0 Å². The standard InChI is InChI=1S/C23H35NO8S/c1-22(2,3)31-20(26)24(21(27)32-23(4,5)6)18(19(25)30-7)15-11-12-16-33(28,29)17-13-9-8-10-14-17/h8-10,13-14,18H,11-12,15-16H2,1-7H3/t18-/m0/s1. The quantitative estimate of drug-likeness (QED) is 0.303. The first-order valence-electron chi connectivity index (χ1n) is 10.7. The monoisotopic (exact) mass is 485 g/mol. The second-order valence-electron chi connectivity index (χ2n) is 9.50. The average molecular weight is 486 g/mol. The molecule has 1 rings (SSSR count). The molecular weight excluding hydrogens is 450 g/mol. The lowest BCUT2D eigenvalue weighted by molar-refractivity contribution is -0.147. The summed E-state index contributed by atoms with van der Waals surface area (Å²) in [4.78, 5) is 39.0. The number of hydrogen-bond acceptors (Lipinski definition) is 8. The van der Waals surface area contributed by atoms with Crippen molar-refractivity contribution in [2.45, 2.75) is 82.9 Å². The van der Waals surface area contributed by atoms with Gasteiger partial charge in [-0.1, -0.05) is 18.2 Å². The van der Waals surface area contributed by atoms with E-state index in [1.54, 1.807) is 59.7 Å². The van der Waals surface area contributed by atoms with E-state index in [1.807, 2.05) is 0 Å². The molecule has 10 heteroatoms. The number of esters is 1. The molecule has 0 N–H and O–H groups in total. The molecule has 0 saturated carbocycles. The van der Waals surface area contributed by atoms with Crippen LogP contribution in [0.15, 0.2) is 35.2 Å². The number of nitrogens with zero attached hydrogens (tertiary/aromatic N) is 1. The van der Waals surface area contributed by atoms with Gasteiger partial charge in [-0.15, -0.1) is 0 Å². The fourth-order valence-electron chi connectivity index (χ4n) is 2.82. The van der Waals surface area contributed by atoms with E-state index in [9.17, 15) is 22.8 Å². The summed E-state index contributed by atoms with van der Waals surface area (Å²) in [5.74, 6) is -0.985. The molecule has 0 aliphatic rings. The van der Waals surface area contributed by atoms with Gasteiger partial charge < -0.3 is 14.2 Å². The Balaban J connectivity index is 3.04. The lowest BCUT2D eigenvalue weighted by Gasteiger charge is -2.32. The second kappa shape index (κ2) is 11.5. The molecule has 0 unspecified atom stereocenters. The Kier molecular flexibility index (Phi) is 9.89. The number of ether oxygens (including phenoxy) is 3. The molecule has 186 valence electrons. The Labute approximate surface area is 196 Å². The highest BCUT2D eigenvalue weighted by molar-refractivity contribution is 7.91. The largest absolute Gasteiger partial charge is 0.467 e. The normalized spacial score (nSPS) is 13.1. The molecule has 0 bridgehead atoms. The minimum Gasteiger partial charge on any atom is -0.467 e. The Bertz CT molecular complexity index is 886. The van der Waals surface area contributed by atoms with E-state index in [4.69, 9.17) is 14.2 Å². The van der Waals surface area contributed by atoms with Crippen molar-refractivity contribution in [3.63, 3.8) is 0 Å². The van der Waals surface area contributed by atoms with E-state index in [2.05, 4.69) is 0 Å². The predicted molar refractivity (Wildman–Crippen MR) is 122 cm³/mol. The van der Waals surface area contributed by atoms with Gasteiger partial charge in [-0.05, 0) is 72.9 Å². The molecule has 1 atom stereocenters. The number of amides is 2. The Morgan fingerprint density at radius 1 is 0.879 bits per heavy atom. The van der Waals surface area contributed by atoms with Gasteiger partial charge in [-0.25, -0.2) is 22.8 Å². The van der Waals surface area contributed by atoms with Gasteiger partial charge in [-0.3, -0.25) is 0 Å². The summed E-state index contributed by atoms with van der Waals surface area (Å²) in [7, 11) is -2.36.